The first-order chi connectivity index (χ1) is 16.5. The molecule has 0 aromatic heterocycles. The van der Waals surface area contributed by atoms with Crippen LogP contribution < -0.4 is 14.4 Å². The van der Waals surface area contributed by atoms with Gasteiger partial charge in [0.25, 0.3) is 0 Å². The van der Waals surface area contributed by atoms with Crippen molar-refractivity contribution in [2.45, 2.75) is 6.61 Å². The van der Waals surface area contributed by atoms with E-state index in [0.29, 0.717) is 27.1 Å². The van der Waals surface area contributed by atoms with Gasteiger partial charge in [-0.3, -0.25) is 4.79 Å². The van der Waals surface area contributed by atoms with Crippen LogP contribution in [0, 0.1) is 0 Å². The van der Waals surface area contributed by atoms with Crippen molar-refractivity contribution in [3.8, 4) is 11.5 Å². The Kier molecular flexibility index (Phi) is 8.12. The van der Waals surface area contributed by atoms with Gasteiger partial charge in [0.15, 0.2) is 17.3 Å². The maximum Gasteiger partial charge on any atom is 0.185 e. The summed E-state index contributed by atoms with van der Waals surface area (Å²) in [7, 11) is 1.58. The van der Waals surface area contributed by atoms with Gasteiger partial charge in [0.2, 0.25) is 0 Å². The molecular formula is C27H25Cl2NO4. The molecule has 0 atom stereocenters. The van der Waals surface area contributed by atoms with Gasteiger partial charge in [-0.2, -0.15) is 0 Å². The number of nitrogens with zero attached hydrogens (tertiary/aromatic N) is 1. The first-order valence-electron chi connectivity index (χ1n) is 10.9. The van der Waals surface area contributed by atoms with Crippen molar-refractivity contribution < 1.29 is 19.0 Å². The van der Waals surface area contributed by atoms with Crippen molar-refractivity contribution in [2.24, 2.45) is 0 Å². The van der Waals surface area contributed by atoms with Gasteiger partial charge in [-0.15, -0.1) is 0 Å². The predicted molar refractivity (Wildman–Crippen MR) is 137 cm³/mol. The number of hydrogen-bond donors (Lipinski definition) is 0. The zero-order valence-electron chi connectivity index (χ0n) is 18.8. The fourth-order valence-corrected chi connectivity index (χ4v) is 4.09. The molecule has 5 nitrogen and oxygen atoms in total. The molecule has 0 bridgehead atoms. The molecule has 4 rings (SSSR count). The lowest BCUT2D eigenvalue weighted by Crippen LogP contribution is -2.36. The number of carbonyl (C=O) groups is 1. The van der Waals surface area contributed by atoms with Gasteiger partial charge in [0.1, 0.15) is 6.61 Å². The lowest BCUT2D eigenvalue weighted by molar-refractivity contribution is 0.104. The lowest BCUT2D eigenvalue weighted by atomic mass is 10.1. The highest BCUT2D eigenvalue weighted by Crippen LogP contribution is 2.30. The van der Waals surface area contributed by atoms with Gasteiger partial charge in [-0.05, 0) is 60.2 Å². The molecule has 0 spiro atoms. The minimum absolute atomic E-state index is 0.0646. The monoisotopic (exact) mass is 497 g/mol. The molecule has 0 aliphatic carbocycles. The number of allylic oxidation sites excluding steroid dienone is 1. The Bertz CT molecular complexity index is 1170. The van der Waals surface area contributed by atoms with Gasteiger partial charge >= 0.3 is 0 Å². The van der Waals surface area contributed by atoms with Gasteiger partial charge < -0.3 is 19.1 Å². The first kappa shape index (κ1) is 24.1. The van der Waals surface area contributed by atoms with Gasteiger partial charge in [0, 0.05) is 39.9 Å². The average Bonchev–Trinajstić information content (AvgIpc) is 2.87. The smallest absolute Gasteiger partial charge is 0.185 e. The third-order valence-electron chi connectivity index (χ3n) is 5.54. The van der Waals surface area contributed by atoms with E-state index in [0.717, 1.165) is 43.1 Å². The number of hydrogen-bond acceptors (Lipinski definition) is 5. The van der Waals surface area contributed by atoms with Gasteiger partial charge in [-0.25, -0.2) is 0 Å². The fraction of sp³-hybridized carbons (Fsp3) is 0.222. The van der Waals surface area contributed by atoms with Crippen molar-refractivity contribution >= 4 is 40.7 Å². The maximum absolute atomic E-state index is 12.6. The fourth-order valence-electron chi connectivity index (χ4n) is 3.63. The van der Waals surface area contributed by atoms with Crippen molar-refractivity contribution in [3.05, 3.63) is 93.5 Å². The van der Waals surface area contributed by atoms with E-state index in [4.69, 9.17) is 37.4 Å². The summed E-state index contributed by atoms with van der Waals surface area (Å²) in [6.45, 7) is 3.46. The molecular weight excluding hydrogens is 473 g/mol. The quantitative estimate of drug-likeness (QED) is 0.269. The topological polar surface area (TPSA) is 48.0 Å². The molecule has 3 aromatic carbocycles. The Morgan fingerprint density at radius 1 is 1.00 bits per heavy atom. The molecule has 176 valence electrons. The average molecular weight is 498 g/mol. The SMILES string of the molecule is COc1cc(C=CC(=O)c2ccc(N3CCOCC3)cc2)ccc1OCc1ccc(Cl)cc1Cl. The largest absolute Gasteiger partial charge is 0.493 e. The van der Waals surface area contributed by atoms with E-state index in [9.17, 15) is 4.79 Å². The molecule has 34 heavy (non-hydrogen) atoms. The highest BCUT2D eigenvalue weighted by Gasteiger charge is 2.12. The zero-order valence-corrected chi connectivity index (χ0v) is 20.3. The van der Waals surface area contributed by atoms with E-state index in [1.54, 1.807) is 31.4 Å². The Morgan fingerprint density at radius 3 is 2.47 bits per heavy atom. The van der Waals surface area contributed by atoms with Crippen LogP contribution in [-0.4, -0.2) is 39.2 Å². The molecule has 0 saturated carbocycles. The summed E-state index contributed by atoms with van der Waals surface area (Å²) >= 11 is 12.2. The second-order valence-corrected chi connectivity index (χ2v) is 8.62. The zero-order chi connectivity index (χ0) is 23.9. The molecule has 0 N–H and O–H groups in total. The molecule has 0 amide bonds. The number of morpholine rings is 1. The molecule has 0 unspecified atom stereocenters. The highest BCUT2D eigenvalue weighted by atomic mass is 35.5. The number of methoxy groups -OCH3 is 1. The number of rotatable bonds is 8. The Balaban J connectivity index is 1.40. The minimum atomic E-state index is -0.0646. The van der Waals surface area contributed by atoms with Gasteiger partial charge in [-0.1, -0.05) is 41.4 Å². The second kappa shape index (κ2) is 11.4. The molecule has 1 aliphatic heterocycles. The summed E-state index contributed by atoms with van der Waals surface area (Å²) in [5.41, 5.74) is 3.39. The van der Waals surface area contributed by atoms with E-state index in [1.807, 2.05) is 48.5 Å². The summed E-state index contributed by atoms with van der Waals surface area (Å²) < 4.78 is 16.8. The summed E-state index contributed by atoms with van der Waals surface area (Å²) in [6.07, 6.45) is 3.33. The Morgan fingerprint density at radius 2 is 1.76 bits per heavy atom. The van der Waals surface area contributed by atoms with Crippen molar-refractivity contribution in [1.29, 1.82) is 0 Å². The van der Waals surface area contributed by atoms with E-state index in [2.05, 4.69) is 4.90 Å². The van der Waals surface area contributed by atoms with Crippen molar-refractivity contribution in [3.63, 3.8) is 0 Å². The molecule has 1 saturated heterocycles. The Labute approximate surface area is 209 Å². The van der Waals surface area contributed by atoms with Crippen LogP contribution in [-0.2, 0) is 11.3 Å². The number of ether oxygens (including phenoxy) is 3. The molecule has 1 aliphatic rings. The highest BCUT2D eigenvalue weighted by molar-refractivity contribution is 6.35. The summed E-state index contributed by atoms with van der Waals surface area (Å²) in [5, 5.41) is 1.12. The lowest BCUT2D eigenvalue weighted by Gasteiger charge is -2.28. The normalized spacial score (nSPS) is 13.8. The molecule has 1 fully saturated rings. The molecule has 7 heteroatoms. The molecule has 3 aromatic rings. The summed E-state index contributed by atoms with van der Waals surface area (Å²) in [6, 6.07) is 18.5. The summed E-state index contributed by atoms with van der Waals surface area (Å²) in [4.78, 5) is 14.9. The van der Waals surface area contributed by atoms with Crippen LogP contribution in [0.5, 0.6) is 11.5 Å². The number of ketones is 1. The molecule has 0 radical (unpaired) electrons. The predicted octanol–water partition coefficient (Wildman–Crippen LogP) is 6.31. The van der Waals surface area contributed by atoms with Crippen LogP contribution in [0.2, 0.25) is 10.0 Å². The minimum Gasteiger partial charge on any atom is -0.493 e. The van der Waals surface area contributed by atoms with E-state index in [-0.39, 0.29) is 12.4 Å². The van der Waals surface area contributed by atoms with Crippen LogP contribution in [0.15, 0.2) is 66.7 Å². The third kappa shape index (κ3) is 6.11. The third-order valence-corrected chi connectivity index (χ3v) is 6.13. The number of halogens is 2. The first-order valence-corrected chi connectivity index (χ1v) is 11.7. The van der Waals surface area contributed by atoms with Crippen molar-refractivity contribution in [2.75, 3.05) is 38.3 Å². The van der Waals surface area contributed by atoms with E-state index >= 15 is 0 Å². The van der Waals surface area contributed by atoms with Gasteiger partial charge in [0.05, 0.1) is 20.3 Å². The number of benzene rings is 3. The van der Waals surface area contributed by atoms with E-state index < -0.39 is 0 Å². The number of anilines is 1. The van der Waals surface area contributed by atoms with Crippen LogP contribution in [0.25, 0.3) is 6.08 Å². The summed E-state index contributed by atoms with van der Waals surface area (Å²) in [5.74, 6) is 1.08. The van der Waals surface area contributed by atoms with Crippen LogP contribution in [0.4, 0.5) is 5.69 Å². The van der Waals surface area contributed by atoms with E-state index in [1.165, 1.54) is 0 Å². The number of carbonyl (C=O) groups excluding carboxylic acids is 1. The van der Waals surface area contributed by atoms with Crippen LogP contribution in [0.1, 0.15) is 21.5 Å². The van der Waals surface area contributed by atoms with Crippen molar-refractivity contribution in [1.82, 2.24) is 0 Å². The Hall–Kier alpha value is -2.99. The second-order valence-electron chi connectivity index (χ2n) is 7.78. The maximum atomic E-state index is 12.6. The van der Waals surface area contributed by atoms with Crippen LogP contribution in [0.3, 0.4) is 0 Å². The van der Waals surface area contributed by atoms with Crippen LogP contribution >= 0.6 is 23.2 Å². The molecule has 1 heterocycles. The standard InChI is InChI=1S/C27H25Cl2NO4/c1-32-27-16-19(3-11-26(27)34-18-21-4-7-22(28)17-24(21)29)2-10-25(31)20-5-8-23(9-6-20)30-12-14-33-15-13-30/h2-11,16-17H,12-15,18H2,1H3.